The average molecular weight is 290 g/mol. The van der Waals surface area contributed by atoms with Gasteiger partial charge in [-0.2, -0.15) is 0 Å². The van der Waals surface area contributed by atoms with Crippen LogP contribution in [0.5, 0.6) is 0 Å². The highest BCUT2D eigenvalue weighted by Crippen LogP contribution is 2.24. The topological polar surface area (TPSA) is 3.01 Å². The summed E-state index contributed by atoms with van der Waals surface area (Å²) >= 11 is 0. The first-order valence-corrected chi connectivity index (χ1v) is 7.58. The molecular formula is C21H24N+. The first-order chi connectivity index (χ1) is 10.6. The first-order valence-electron chi connectivity index (χ1n) is 7.58. The number of hydrogen-bond donors (Lipinski definition) is 0. The highest BCUT2D eigenvalue weighted by molar-refractivity contribution is 6.13. The molecular weight excluding hydrogens is 266 g/mol. The Balaban J connectivity index is 2.58. The van der Waals surface area contributed by atoms with Crippen LogP contribution in [0.15, 0.2) is 72.9 Å². The summed E-state index contributed by atoms with van der Waals surface area (Å²) in [5.74, 6) is 0. The molecule has 0 N–H and O–H groups in total. The van der Waals surface area contributed by atoms with Gasteiger partial charge in [0.2, 0.25) is 5.71 Å². The van der Waals surface area contributed by atoms with Crippen LogP contribution in [-0.2, 0) is 0 Å². The van der Waals surface area contributed by atoms with Crippen molar-refractivity contribution in [3.63, 3.8) is 0 Å². The smallest absolute Gasteiger partial charge is 0.213 e. The molecule has 2 rings (SSSR count). The minimum atomic E-state index is 1.02. The summed E-state index contributed by atoms with van der Waals surface area (Å²) in [5, 5.41) is 2.57. The summed E-state index contributed by atoms with van der Waals surface area (Å²) in [4.78, 5) is 0. The van der Waals surface area contributed by atoms with E-state index >= 15 is 0 Å². The molecule has 0 aliphatic carbocycles. The Labute approximate surface area is 133 Å². The molecule has 0 aliphatic heterocycles. The molecule has 0 radical (unpaired) electrons. The van der Waals surface area contributed by atoms with Gasteiger partial charge in [0.05, 0.1) is 0 Å². The molecule has 0 spiro atoms. The summed E-state index contributed by atoms with van der Waals surface area (Å²) in [6.45, 7) is 8.44. The van der Waals surface area contributed by atoms with Crippen LogP contribution in [0.1, 0.15) is 18.1 Å². The third-order valence-corrected chi connectivity index (χ3v) is 3.81. The number of aryl methyl sites for hydroxylation is 1. The van der Waals surface area contributed by atoms with Gasteiger partial charge in [0.1, 0.15) is 14.1 Å². The van der Waals surface area contributed by atoms with Crippen molar-refractivity contribution >= 4 is 16.5 Å². The lowest BCUT2D eigenvalue weighted by molar-refractivity contribution is -0.463. The monoisotopic (exact) mass is 290 g/mol. The third kappa shape index (κ3) is 3.25. The molecule has 0 unspecified atom stereocenters. The van der Waals surface area contributed by atoms with Crippen LogP contribution in [0.25, 0.3) is 10.8 Å². The Hall–Kier alpha value is -2.41. The van der Waals surface area contributed by atoms with E-state index in [2.05, 4.69) is 74.6 Å². The van der Waals surface area contributed by atoms with E-state index < -0.39 is 0 Å². The maximum atomic E-state index is 4.25. The van der Waals surface area contributed by atoms with Gasteiger partial charge in [-0.25, -0.2) is 4.58 Å². The van der Waals surface area contributed by atoms with E-state index in [0.717, 1.165) is 11.3 Å². The molecule has 2 aromatic rings. The van der Waals surface area contributed by atoms with Crippen molar-refractivity contribution in [1.82, 2.24) is 0 Å². The van der Waals surface area contributed by atoms with Gasteiger partial charge < -0.3 is 0 Å². The molecule has 1 nitrogen and oxygen atoms in total. The fraction of sp³-hybridized carbons (Fsp3) is 0.190. The Kier molecular flexibility index (Phi) is 5.11. The molecule has 112 valence electrons. The normalized spacial score (nSPS) is 11.5. The largest absolute Gasteiger partial charge is 0.234 e. The molecule has 0 saturated heterocycles. The quantitative estimate of drug-likeness (QED) is 0.428. The predicted molar refractivity (Wildman–Crippen MR) is 98.0 cm³/mol. The Morgan fingerprint density at radius 3 is 2.45 bits per heavy atom. The molecule has 22 heavy (non-hydrogen) atoms. The van der Waals surface area contributed by atoms with E-state index in [-0.39, 0.29) is 0 Å². The molecule has 0 fully saturated rings. The molecule has 0 aliphatic rings. The minimum absolute atomic E-state index is 1.02. The Morgan fingerprint density at radius 2 is 1.77 bits per heavy atom. The van der Waals surface area contributed by atoms with E-state index in [1.54, 1.807) is 0 Å². The second-order valence-corrected chi connectivity index (χ2v) is 5.61. The lowest BCUT2D eigenvalue weighted by Gasteiger charge is -2.10. The molecule has 0 atom stereocenters. The maximum Gasteiger partial charge on any atom is 0.213 e. The van der Waals surface area contributed by atoms with Crippen LogP contribution in [0.3, 0.4) is 0 Å². The van der Waals surface area contributed by atoms with Crippen molar-refractivity contribution in [3.05, 3.63) is 84.0 Å². The van der Waals surface area contributed by atoms with Crippen molar-refractivity contribution in [1.29, 1.82) is 0 Å². The number of fused-ring (bicyclic) bond motifs is 1. The van der Waals surface area contributed by atoms with Crippen molar-refractivity contribution in [2.45, 2.75) is 13.8 Å². The SMILES string of the molecule is C=C(/C=C\C=C/C)C(c1ccc2ccccc2c1C)=[N+](C)C. The fourth-order valence-corrected chi connectivity index (χ4v) is 2.75. The van der Waals surface area contributed by atoms with Crippen LogP contribution >= 0.6 is 0 Å². The van der Waals surface area contributed by atoms with Gasteiger partial charge in [-0.1, -0.05) is 55.1 Å². The average Bonchev–Trinajstić information content (AvgIpc) is 2.50. The maximum absolute atomic E-state index is 4.25. The standard InChI is InChI=1S/C21H24N/c1-6-7-8-11-16(2)21(22(4)5)20-15-14-18-12-9-10-13-19(18)17(20)3/h6-15H,2H2,1,3-5H3/q+1/b7-6-,11-8-. The van der Waals surface area contributed by atoms with Gasteiger partial charge >= 0.3 is 0 Å². The molecule has 0 heterocycles. The van der Waals surface area contributed by atoms with Crippen molar-refractivity contribution in [2.75, 3.05) is 14.1 Å². The summed E-state index contributed by atoms with van der Waals surface area (Å²) in [5.41, 5.74) is 4.70. The van der Waals surface area contributed by atoms with Crippen molar-refractivity contribution in [2.24, 2.45) is 0 Å². The van der Waals surface area contributed by atoms with E-state index in [0.29, 0.717) is 0 Å². The molecule has 0 amide bonds. The van der Waals surface area contributed by atoms with Gasteiger partial charge in [-0.3, -0.25) is 0 Å². The van der Waals surface area contributed by atoms with Crippen LogP contribution < -0.4 is 0 Å². The highest BCUT2D eigenvalue weighted by atomic mass is 14.9. The van der Waals surface area contributed by atoms with E-state index in [9.17, 15) is 0 Å². The van der Waals surface area contributed by atoms with Gasteiger partial charge in [-0.05, 0) is 42.3 Å². The van der Waals surface area contributed by atoms with Gasteiger partial charge in [0.25, 0.3) is 0 Å². The van der Waals surface area contributed by atoms with Crippen molar-refractivity contribution < 1.29 is 4.58 Å². The van der Waals surface area contributed by atoms with Crippen LogP contribution in [0, 0.1) is 6.92 Å². The summed E-state index contributed by atoms with van der Waals surface area (Å²) in [6.07, 6.45) is 8.12. The zero-order valence-electron chi connectivity index (χ0n) is 13.9. The summed E-state index contributed by atoms with van der Waals surface area (Å²) in [7, 11) is 4.14. The number of allylic oxidation sites excluding steroid dienone is 5. The number of benzene rings is 2. The number of nitrogens with zero attached hydrogens (tertiary/aromatic N) is 1. The zero-order chi connectivity index (χ0) is 16.1. The lowest BCUT2D eigenvalue weighted by atomic mass is 9.93. The van der Waals surface area contributed by atoms with Gasteiger partial charge in [0.15, 0.2) is 0 Å². The van der Waals surface area contributed by atoms with Gasteiger partial charge in [0, 0.05) is 11.1 Å². The Morgan fingerprint density at radius 1 is 1.05 bits per heavy atom. The summed E-state index contributed by atoms with van der Waals surface area (Å²) in [6, 6.07) is 12.9. The lowest BCUT2D eigenvalue weighted by Crippen LogP contribution is -2.17. The number of hydrogen-bond acceptors (Lipinski definition) is 0. The molecule has 0 bridgehead atoms. The zero-order valence-corrected chi connectivity index (χ0v) is 13.9. The van der Waals surface area contributed by atoms with Crippen LogP contribution in [0.2, 0.25) is 0 Å². The highest BCUT2D eigenvalue weighted by Gasteiger charge is 2.17. The first kappa shape index (κ1) is 16.0. The molecule has 0 aromatic heterocycles. The Bertz CT molecular complexity index is 785. The van der Waals surface area contributed by atoms with Crippen molar-refractivity contribution in [3.8, 4) is 0 Å². The summed E-state index contributed by atoms with van der Waals surface area (Å²) < 4.78 is 2.14. The minimum Gasteiger partial charge on any atom is -0.234 e. The van der Waals surface area contributed by atoms with E-state index in [4.69, 9.17) is 0 Å². The van der Waals surface area contributed by atoms with E-state index in [1.807, 2.05) is 25.2 Å². The van der Waals surface area contributed by atoms with E-state index in [1.165, 1.54) is 21.9 Å². The fourth-order valence-electron chi connectivity index (χ4n) is 2.75. The second kappa shape index (κ2) is 7.04. The third-order valence-electron chi connectivity index (χ3n) is 3.81. The molecule has 1 heteroatoms. The van der Waals surface area contributed by atoms with Crippen LogP contribution in [-0.4, -0.2) is 24.4 Å². The molecule has 2 aromatic carbocycles. The van der Waals surface area contributed by atoms with Gasteiger partial charge in [-0.15, -0.1) is 0 Å². The van der Waals surface area contributed by atoms with Crippen LogP contribution in [0.4, 0.5) is 0 Å². The molecule has 0 saturated carbocycles. The number of rotatable bonds is 4. The predicted octanol–water partition coefficient (Wildman–Crippen LogP) is 4.90. The second-order valence-electron chi connectivity index (χ2n) is 5.61.